The van der Waals surface area contributed by atoms with E-state index in [0.717, 1.165) is 31.8 Å². The summed E-state index contributed by atoms with van der Waals surface area (Å²) >= 11 is 0. The zero-order valence-electron chi connectivity index (χ0n) is 11.1. The van der Waals surface area contributed by atoms with Crippen LogP contribution >= 0.6 is 0 Å². The van der Waals surface area contributed by atoms with Gasteiger partial charge < -0.3 is 9.80 Å². The van der Waals surface area contributed by atoms with Crippen molar-refractivity contribution in [3.63, 3.8) is 0 Å². The molecule has 0 saturated heterocycles. The molecule has 0 aromatic heterocycles. The number of hydrogen-bond acceptors (Lipinski definition) is 2. The van der Waals surface area contributed by atoms with Crippen LogP contribution in [-0.2, 0) is 0 Å². The van der Waals surface area contributed by atoms with Gasteiger partial charge in [0, 0.05) is 26.2 Å². The fourth-order valence-electron chi connectivity index (χ4n) is 2.23. The average Bonchev–Trinajstić information content (AvgIpc) is 2.66. The molecule has 0 aromatic carbocycles. The Bertz CT molecular complexity index is 291. The number of likely N-dealkylation sites (N-methyl/N-ethyl adjacent to an activating group) is 2. The summed E-state index contributed by atoms with van der Waals surface area (Å²) in [5.74, 6) is 0. The van der Waals surface area contributed by atoms with Crippen molar-refractivity contribution < 1.29 is 0 Å². The molecule has 90 valence electrons. The Balaban J connectivity index is 3.06. The van der Waals surface area contributed by atoms with E-state index in [0.29, 0.717) is 0 Å². The minimum absolute atomic E-state index is 1.04. The second-order valence-corrected chi connectivity index (χ2v) is 3.94. The molecule has 1 aliphatic rings. The molecule has 2 heteroatoms. The Hall–Kier alpha value is -1.18. The molecule has 0 aliphatic heterocycles. The highest BCUT2D eigenvalue weighted by molar-refractivity contribution is 5.50. The second kappa shape index (κ2) is 5.78. The molecule has 0 N–H and O–H groups in total. The van der Waals surface area contributed by atoms with Crippen LogP contribution in [0.3, 0.4) is 0 Å². The molecule has 0 amide bonds. The van der Waals surface area contributed by atoms with Crippen molar-refractivity contribution in [2.45, 2.75) is 27.7 Å². The lowest BCUT2D eigenvalue weighted by atomic mass is 10.2. The summed E-state index contributed by atoms with van der Waals surface area (Å²) in [6.07, 6.45) is 4.32. The van der Waals surface area contributed by atoms with Gasteiger partial charge in [0.25, 0.3) is 0 Å². The maximum atomic E-state index is 4.14. The molecular formula is C14H24N2. The minimum atomic E-state index is 1.04. The van der Waals surface area contributed by atoms with Crippen molar-refractivity contribution in [3.05, 3.63) is 35.7 Å². The van der Waals surface area contributed by atoms with E-state index in [1.54, 1.807) is 0 Å². The van der Waals surface area contributed by atoms with Crippen LogP contribution in [0.25, 0.3) is 0 Å². The zero-order valence-corrected chi connectivity index (χ0v) is 11.1. The molecule has 0 aromatic rings. The van der Waals surface area contributed by atoms with Crippen LogP contribution in [0.5, 0.6) is 0 Å². The van der Waals surface area contributed by atoms with E-state index in [-0.39, 0.29) is 0 Å². The van der Waals surface area contributed by atoms with Crippen molar-refractivity contribution in [1.82, 2.24) is 9.80 Å². The molecule has 1 aliphatic carbocycles. The molecule has 1 rings (SSSR count). The van der Waals surface area contributed by atoms with Crippen molar-refractivity contribution in [3.8, 4) is 0 Å². The van der Waals surface area contributed by atoms with E-state index in [2.05, 4.69) is 56.2 Å². The zero-order chi connectivity index (χ0) is 12.1. The van der Waals surface area contributed by atoms with Crippen LogP contribution in [-0.4, -0.2) is 36.0 Å². The monoisotopic (exact) mass is 220 g/mol. The normalized spacial score (nSPS) is 14.9. The highest BCUT2D eigenvalue weighted by Crippen LogP contribution is 2.28. The first-order chi connectivity index (χ1) is 7.69. The van der Waals surface area contributed by atoms with E-state index in [1.807, 2.05) is 0 Å². The summed E-state index contributed by atoms with van der Waals surface area (Å²) in [7, 11) is 0. The Morgan fingerprint density at radius 3 is 1.81 bits per heavy atom. The lowest BCUT2D eigenvalue weighted by Gasteiger charge is -2.29. The SMILES string of the molecule is C=C1C=CC(N(CC)CC)=C1N(CC)CC. The predicted molar refractivity (Wildman–Crippen MR) is 71.1 cm³/mol. The summed E-state index contributed by atoms with van der Waals surface area (Å²) in [6.45, 7) is 17.1. The van der Waals surface area contributed by atoms with Crippen molar-refractivity contribution >= 4 is 0 Å². The third kappa shape index (κ3) is 2.31. The molecule has 0 unspecified atom stereocenters. The van der Waals surface area contributed by atoms with Gasteiger partial charge in [-0.2, -0.15) is 0 Å². The van der Waals surface area contributed by atoms with Crippen molar-refractivity contribution in [2.75, 3.05) is 26.2 Å². The summed E-state index contributed by atoms with van der Waals surface area (Å²) < 4.78 is 0. The van der Waals surface area contributed by atoms with E-state index in [4.69, 9.17) is 0 Å². The third-order valence-corrected chi connectivity index (χ3v) is 3.17. The van der Waals surface area contributed by atoms with E-state index < -0.39 is 0 Å². The molecule has 0 saturated carbocycles. The van der Waals surface area contributed by atoms with Gasteiger partial charge in [-0.25, -0.2) is 0 Å². The van der Waals surface area contributed by atoms with Crippen LogP contribution in [0.1, 0.15) is 27.7 Å². The van der Waals surface area contributed by atoms with Gasteiger partial charge in [0.1, 0.15) is 0 Å². The Kier molecular flexibility index (Phi) is 4.66. The van der Waals surface area contributed by atoms with Gasteiger partial charge in [0.15, 0.2) is 0 Å². The van der Waals surface area contributed by atoms with E-state index in [9.17, 15) is 0 Å². The summed E-state index contributed by atoms with van der Waals surface area (Å²) in [4.78, 5) is 4.78. The lowest BCUT2D eigenvalue weighted by molar-refractivity contribution is 0.344. The van der Waals surface area contributed by atoms with Crippen LogP contribution < -0.4 is 0 Å². The van der Waals surface area contributed by atoms with Crippen LogP contribution in [0.2, 0.25) is 0 Å². The van der Waals surface area contributed by atoms with Gasteiger partial charge in [0.05, 0.1) is 11.4 Å². The van der Waals surface area contributed by atoms with Crippen LogP contribution in [0, 0.1) is 0 Å². The molecule has 0 radical (unpaired) electrons. The molecule has 0 fully saturated rings. The molecule has 0 atom stereocenters. The maximum Gasteiger partial charge on any atom is 0.0671 e. The second-order valence-electron chi connectivity index (χ2n) is 3.94. The summed E-state index contributed by atoms with van der Waals surface area (Å²) in [5.41, 5.74) is 3.79. The Labute approximate surface area is 99.9 Å². The lowest BCUT2D eigenvalue weighted by Crippen LogP contribution is -2.29. The predicted octanol–water partition coefficient (Wildman–Crippen LogP) is 3.01. The fourth-order valence-corrected chi connectivity index (χ4v) is 2.23. The van der Waals surface area contributed by atoms with Gasteiger partial charge in [0.2, 0.25) is 0 Å². The fraction of sp³-hybridized carbons (Fsp3) is 0.571. The number of nitrogens with zero attached hydrogens (tertiary/aromatic N) is 2. The number of allylic oxidation sites excluding steroid dienone is 2. The molecule has 16 heavy (non-hydrogen) atoms. The smallest absolute Gasteiger partial charge is 0.0671 e. The van der Waals surface area contributed by atoms with Gasteiger partial charge >= 0.3 is 0 Å². The molecule has 2 nitrogen and oxygen atoms in total. The largest absolute Gasteiger partial charge is 0.370 e. The Morgan fingerprint density at radius 1 is 0.875 bits per heavy atom. The van der Waals surface area contributed by atoms with E-state index >= 15 is 0 Å². The average molecular weight is 220 g/mol. The Morgan fingerprint density at radius 2 is 1.38 bits per heavy atom. The molecule has 0 heterocycles. The standard InChI is InChI=1S/C14H24N2/c1-6-15(7-2)13-11-10-12(5)14(13)16(8-3)9-4/h10-11H,5-9H2,1-4H3. The minimum Gasteiger partial charge on any atom is -0.370 e. The molecule has 0 bridgehead atoms. The van der Waals surface area contributed by atoms with Crippen molar-refractivity contribution in [2.24, 2.45) is 0 Å². The molecule has 0 spiro atoms. The maximum absolute atomic E-state index is 4.14. The van der Waals surface area contributed by atoms with Crippen LogP contribution in [0.15, 0.2) is 35.7 Å². The van der Waals surface area contributed by atoms with Crippen LogP contribution in [0.4, 0.5) is 0 Å². The van der Waals surface area contributed by atoms with E-state index in [1.165, 1.54) is 11.4 Å². The number of rotatable bonds is 6. The highest BCUT2D eigenvalue weighted by Gasteiger charge is 2.20. The van der Waals surface area contributed by atoms with Gasteiger partial charge in [-0.1, -0.05) is 12.7 Å². The van der Waals surface area contributed by atoms with Gasteiger partial charge in [-0.05, 0) is 39.3 Å². The van der Waals surface area contributed by atoms with Gasteiger partial charge in [-0.15, -0.1) is 0 Å². The van der Waals surface area contributed by atoms with Gasteiger partial charge in [-0.3, -0.25) is 0 Å². The first-order valence-corrected chi connectivity index (χ1v) is 6.30. The third-order valence-electron chi connectivity index (χ3n) is 3.17. The number of hydrogen-bond donors (Lipinski definition) is 0. The summed E-state index contributed by atoms with van der Waals surface area (Å²) in [6, 6.07) is 0. The summed E-state index contributed by atoms with van der Waals surface area (Å²) in [5, 5.41) is 0. The first-order valence-electron chi connectivity index (χ1n) is 6.30. The molecular weight excluding hydrogens is 196 g/mol. The van der Waals surface area contributed by atoms with Crippen molar-refractivity contribution in [1.29, 1.82) is 0 Å². The topological polar surface area (TPSA) is 6.48 Å². The first kappa shape index (κ1) is 12.9. The highest BCUT2D eigenvalue weighted by atomic mass is 15.2. The quantitative estimate of drug-likeness (QED) is 0.679.